The predicted molar refractivity (Wildman–Crippen MR) is 159 cm³/mol. The maximum absolute atomic E-state index is 11.6. The molecule has 4 heteroatoms. The second kappa shape index (κ2) is 12.0. The van der Waals surface area contributed by atoms with Gasteiger partial charge in [-0.15, -0.1) is 0 Å². The molecule has 0 spiro atoms. The Morgan fingerprint density at radius 3 is 2.36 bits per heavy atom. The average Bonchev–Trinajstić information content (AvgIpc) is 3.01. The van der Waals surface area contributed by atoms with Crippen LogP contribution in [0.25, 0.3) is 0 Å². The van der Waals surface area contributed by atoms with E-state index in [0.717, 1.165) is 57.7 Å². The first-order valence-corrected chi connectivity index (χ1v) is 15.0. The molecule has 39 heavy (non-hydrogen) atoms. The standard InChI is InChI=1S/C35H42N2O2/c1-39-32-16-18-34-28(23-32)13-17-33(26-7-3-2-4-8-26)35(34)27-11-14-31(15-12-27)37-21-19-36(20-22-37)24-29-9-5-6-10-30(29)25-38/h2-4,7-8,11-12,14-16,18,23,25,29-30,33,35H,5-6,9-10,13,17,19-22,24H2,1H3/t29-,30-,33?,35?/m0/s1. The maximum atomic E-state index is 11.6. The second-order valence-corrected chi connectivity index (χ2v) is 11.8. The van der Waals surface area contributed by atoms with Crippen LogP contribution < -0.4 is 9.64 Å². The fourth-order valence-corrected chi connectivity index (χ4v) is 7.45. The van der Waals surface area contributed by atoms with E-state index in [1.807, 2.05) is 0 Å². The van der Waals surface area contributed by atoms with Crippen molar-refractivity contribution in [2.24, 2.45) is 11.8 Å². The third-order valence-electron chi connectivity index (χ3n) is 9.66. The molecule has 1 saturated carbocycles. The van der Waals surface area contributed by atoms with E-state index in [1.165, 1.54) is 53.5 Å². The summed E-state index contributed by atoms with van der Waals surface area (Å²) in [6.07, 6.45) is 8.26. The summed E-state index contributed by atoms with van der Waals surface area (Å²) in [4.78, 5) is 16.7. The van der Waals surface area contributed by atoms with Crippen LogP contribution in [0.15, 0.2) is 72.8 Å². The lowest BCUT2D eigenvalue weighted by atomic mass is 9.69. The summed E-state index contributed by atoms with van der Waals surface area (Å²) in [5, 5.41) is 0. The van der Waals surface area contributed by atoms with E-state index >= 15 is 0 Å². The van der Waals surface area contributed by atoms with E-state index in [9.17, 15) is 4.79 Å². The Kier molecular flexibility index (Phi) is 8.01. The molecule has 2 unspecified atom stereocenters. The minimum atomic E-state index is 0.273. The molecule has 1 saturated heterocycles. The number of ether oxygens (including phenoxy) is 1. The topological polar surface area (TPSA) is 32.8 Å². The van der Waals surface area contributed by atoms with Gasteiger partial charge in [-0.25, -0.2) is 0 Å². The SMILES string of the molecule is COc1ccc2c(c1)CCC(c1ccccc1)C2c1ccc(N2CCN(C[C@@H]3CCCC[C@H]3C=O)CC2)cc1. The largest absolute Gasteiger partial charge is 0.497 e. The number of aryl methyl sites for hydroxylation is 1. The van der Waals surface area contributed by atoms with Crippen molar-refractivity contribution in [2.75, 3.05) is 44.7 Å². The highest BCUT2D eigenvalue weighted by Gasteiger charge is 2.33. The van der Waals surface area contributed by atoms with Crippen molar-refractivity contribution in [1.82, 2.24) is 4.90 Å². The van der Waals surface area contributed by atoms with Crippen LogP contribution in [0.5, 0.6) is 5.75 Å². The molecule has 0 radical (unpaired) electrons. The van der Waals surface area contributed by atoms with Crippen LogP contribution in [-0.4, -0.2) is 51.0 Å². The summed E-state index contributed by atoms with van der Waals surface area (Å²) in [5.41, 5.74) is 7.01. The molecular weight excluding hydrogens is 480 g/mol. The first-order chi connectivity index (χ1) is 19.2. The Morgan fingerprint density at radius 1 is 0.846 bits per heavy atom. The van der Waals surface area contributed by atoms with Gasteiger partial charge in [-0.1, -0.05) is 61.4 Å². The molecule has 2 aliphatic carbocycles. The molecule has 0 bridgehead atoms. The number of nitrogens with zero attached hydrogens (tertiary/aromatic N) is 2. The van der Waals surface area contributed by atoms with Gasteiger partial charge >= 0.3 is 0 Å². The smallest absolute Gasteiger partial charge is 0.123 e. The first-order valence-electron chi connectivity index (χ1n) is 15.0. The molecule has 3 aromatic carbocycles. The molecule has 3 aromatic rings. The van der Waals surface area contributed by atoms with Gasteiger partial charge in [0, 0.05) is 50.2 Å². The average molecular weight is 523 g/mol. The summed E-state index contributed by atoms with van der Waals surface area (Å²) in [7, 11) is 1.76. The van der Waals surface area contributed by atoms with E-state index < -0.39 is 0 Å². The Labute approximate surface area is 234 Å². The summed E-state index contributed by atoms with van der Waals surface area (Å²) < 4.78 is 5.55. The molecule has 4 nitrogen and oxygen atoms in total. The lowest BCUT2D eigenvalue weighted by Crippen LogP contribution is -2.48. The lowest BCUT2D eigenvalue weighted by Gasteiger charge is -2.39. The van der Waals surface area contributed by atoms with Crippen molar-refractivity contribution < 1.29 is 9.53 Å². The third kappa shape index (κ3) is 5.63. The Bertz CT molecular complexity index is 1230. The van der Waals surface area contributed by atoms with Crippen LogP contribution in [0.3, 0.4) is 0 Å². The molecule has 4 atom stereocenters. The Morgan fingerprint density at radius 2 is 1.62 bits per heavy atom. The van der Waals surface area contributed by atoms with Gasteiger partial charge in [0.15, 0.2) is 0 Å². The van der Waals surface area contributed by atoms with E-state index in [1.54, 1.807) is 7.11 Å². The number of carbonyl (C=O) groups excluding carboxylic acids is 1. The number of hydrogen-bond acceptors (Lipinski definition) is 4. The molecule has 1 aliphatic heterocycles. The number of rotatable bonds is 7. The quantitative estimate of drug-likeness (QED) is 0.324. The van der Waals surface area contributed by atoms with Crippen LogP contribution >= 0.6 is 0 Å². The van der Waals surface area contributed by atoms with Crippen molar-refractivity contribution in [2.45, 2.75) is 50.4 Å². The van der Waals surface area contributed by atoms with E-state index in [0.29, 0.717) is 17.8 Å². The minimum Gasteiger partial charge on any atom is -0.497 e. The molecule has 2 fully saturated rings. The molecule has 6 rings (SSSR count). The van der Waals surface area contributed by atoms with Gasteiger partial charge in [0.25, 0.3) is 0 Å². The molecule has 0 amide bonds. The predicted octanol–water partition coefficient (Wildman–Crippen LogP) is 6.68. The highest BCUT2D eigenvalue weighted by atomic mass is 16.5. The van der Waals surface area contributed by atoms with E-state index in [-0.39, 0.29) is 5.92 Å². The van der Waals surface area contributed by atoms with Gasteiger partial charge < -0.3 is 14.4 Å². The number of aldehydes is 1. The summed E-state index contributed by atoms with van der Waals surface area (Å²) in [6, 6.07) is 27.1. The van der Waals surface area contributed by atoms with Gasteiger partial charge in [-0.05, 0) is 84.0 Å². The zero-order chi connectivity index (χ0) is 26.6. The number of hydrogen-bond donors (Lipinski definition) is 0. The number of piperazine rings is 1. The van der Waals surface area contributed by atoms with Crippen LogP contribution in [0, 0.1) is 11.8 Å². The zero-order valence-electron chi connectivity index (χ0n) is 23.3. The van der Waals surface area contributed by atoms with Crippen LogP contribution in [0.2, 0.25) is 0 Å². The number of fused-ring (bicyclic) bond motifs is 1. The molecule has 0 aromatic heterocycles. The van der Waals surface area contributed by atoms with Crippen LogP contribution in [0.4, 0.5) is 5.69 Å². The monoisotopic (exact) mass is 522 g/mol. The van der Waals surface area contributed by atoms with Gasteiger partial charge in [-0.3, -0.25) is 4.90 Å². The second-order valence-electron chi connectivity index (χ2n) is 11.8. The fourth-order valence-electron chi connectivity index (χ4n) is 7.45. The van der Waals surface area contributed by atoms with Crippen LogP contribution in [-0.2, 0) is 11.2 Å². The normalized spacial score (nSPS) is 25.6. The fraction of sp³-hybridized carbons (Fsp3) is 0.457. The highest BCUT2D eigenvalue weighted by molar-refractivity contribution is 5.54. The van der Waals surface area contributed by atoms with Gasteiger partial charge in [0.2, 0.25) is 0 Å². The van der Waals surface area contributed by atoms with Gasteiger partial charge in [0.1, 0.15) is 12.0 Å². The number of anilines is 1. The van der Waals surface area contributed by atoms with Gasteiger partial charge in [-0.2, -0.15) is 0 Å². The van der Waals surface area contributed by atoms with Crippen molar-refractivity contribution in [1.29, 1.82) is 0 Å². The summed E-state index contributed by atoms with van der Waals surface area (Å²) in [6.45, 7) is 5.35. The van der Waals surface area contributed by atoms with Crippen molar-refractivity contribution in [3.05, 3.63) is 95.1 Å². The number of carbonyl (C=O) groups is 1. The summed E-state index contributed by atoms with van der Waals surface area (Å²) >= 11 is 0. The van der Waals surface area contributed by atoms with E-state index in [4.69, 9.17) is 4.74 Å². The Hall–Kier alpha value is -3.11. The molecule has 204 valence electrons. The van der Waals surface area contributed by atoms with Gasteiger partial charge in [0.05, 0.1) is 7.11 Å². The number of methoxy groups -OCH3 is 1. The zero-order valence-corrected chi connectivity index (χ0v) is 23.3. The highest BCUT2D eigenvalue weighted by Crippen LogP contribution is 2.47. The first kappa shape index (κ1) is 26.1. The molecule has 3 aliphatic rings. The molecule has 1 heterocycles. The van der Waals surface area contributed by atoms with Crippen LogP contribution in [0.1, 0.15) is 66.2 Å². The molecular formula is C35H42N2O2. The van der Waals surface area contributed by atoms with Crippen molar-refractivity contribution in [3.63, 3.8) is 0 Å². The lowest BCUT2D eigenvalue weighted by molar-refractivity contribution is -0.113. The number of benzene rings is 3. The van der Waals surface area contributed by atoms with Crippen molar-refractivity contribution >= 4 is 12.0 Å². The molecule has 0 N–H and O–H groups in total. The minimum absolute atomic E-state index is 0.273. The maximum Gasteiger partial charge on any atom is 0.123 e. The van der Waals surface area contributed by atoms with E-state index in [2.05, 4.69) is 82.6 Å². The van der Waals surface area contributed by atoms with Crippen molar-refractivity contribution in [3.8, 4) is 5.75 Å². The summed E-state index contributed by atoms with van der Waals surface area (Å²) in [5.74, 6) is 2.59. The Balaban J connectivity index is 1.17. The third-order valence-corrected chi connectivity index (χ3v) is 9.66.